The summed E-state index contributed by atoms with van der Waals surface area (Å²) in [6.07, 6.45) is 5.78. The highest BCUT2D eigenvalue weighted by Gasteiger charge is 2.25. The van der Waals surface area contributed by atoms with Crippen LogP contribution in [-0.2, 0) is 12.8 Å². The van der Waals surface area contributed by atoms with Crippen LogP contribution in [-0.4, -0.2) is 6.18 Å². The summed E-state index contributed by atoms with van der Waals surface area (Å²) in [5, 5.41) is 0.324. The highest BCUT2D eigenvalue weighted by molar-refractivity contribution is 5.89. The van der Waals surface area contributed by atoms with Gasteiger partial charge in [-0.2, -0.15) is 13.2 Å². The Labute approximate surface area is 195 Å². The first-order valence-corrected chi connectivity index (χ1v) is 11.6. The minimum atomic E-state index is -4.82. The van der Waals surface area contributed by atoms with Gasteiger partial charge in [-0.05, 0) is 90.6 Å². The summed E-state index contributed by atoms with van der Waals surface area (Å²) in [6.45, 7) is 0. The maximum absolute atomic E-state index is 14.7. The van der Waals surface area contributed by atoms with E-state index in [0.29, 0.717) is 5.92 Å². The maximum atomic E-state index is 14.7. The van der Waals surface area contributed by atoms with Crippen LogP contribution in [0.25, 0.3) is 21.9 Å². The molecule has 0 amide bonds. The van der Waals surface area contributed by atoms with E-state index in [-0.39, 0.29) is 10.8 Å². The summed E-state index contributed by atoms with van der Waals surface area (Å²) in [5.74, 6) is 0.977. The van der Waals surface area contributed by atoms with Gasteiger partial charge in [0.1, 0.15) is 11.6 Å². The van der Waals surface area contributed by atoms with Crippen LogP contribution < -0.4 is 0 Å². The Bertz CT molecular complexity index is 1350. The minimum absolute atomic E-state index is 0.0400. The molecule has 5 heteroatoms. The fourth-order valence-corrected chi connectivity index (χ4v) is 5.24. The fraction of sp³-hybridized carbons (Fsp3) is 0.310. The van der Waals surface area contributed by atoms with Gasteiger partial charge in [0, 0.05) is 11.3 Å². The van der Waals surface area contributed by atoms with E-state index in [1.54, 1.807) is 23.6 Å². The Morgan fingerprint density at radius 1 is 0.853 bits per heavy atom. The molecule has 174 valence electrons. The minimum Gasteiger partial charge on any atom is -0.205 e. The van der Waals surface area contributed by atoms with E-state index in [0.717, 1.165) is 42.4 Å². The van der Waals surface area contributed by atoms with Crippen molar-refractivity contribution in [2.24, 2.45) is 5.92 Å². The molecular formula is C29H23F5. The number of hydrogen-bond acceptors (Lipinski definition) is 0. The molecule has 0 aromatic heterocycles. The number of alkyl halides is 3. The highest BCUT2D eigenvalue weighted by atomic mass is 19.4. The lowest BCUT2D eigenvalue weighted by Gasteiger charge is -2.29. The molecule has 2 aliphatic carbocycles. The lowest BCUT2D eigenvalue weighted by atomic mass is 9.76. The van der Waals surface area contributed by atoms with E-state index in [4.69, 9.17) is 0 Å². The van der Waals surface area contributed by atoms with Crippen molar-refractivity contribution < 1.29 is 22.0 Å². The number of halogens is 5. The number of allylic oxidation sites excluding steroid dienone is 2. The predicted molar refractivity (Wildman–Crippen MR) is 124 cm³/mol. The molecule has 3 aromatic carbocycles. The Morgan fingerprint density at radius 3 is 2.41 bits per heavy atom. The van der Waals surface area contributed by atoms with Crippen molar-refractivity contribution in [3.05, 3.63) is 82.4 Å². The molecule has 0 N–H and O–H groups in total. The van der Waals surface area contributed by atoms with Gasteiger partial charge in [0.15, 0.2) is 0 Å². The van der Waals surface area contributed by atoms with E-state index in [9.17, 15) is 22.0 Å². The SMILES string of the molecule is Fc1cc2cc(-c3ccc4c(c3)CCC(C3=CCCCC3)C4)ccc2c(F)c1C#CC(F)(F)F. The first-order chi connectivity index (χ1) is 16.3. The molecule has 5 rings (SSSR count). The quantitative estimate of drug-likeness (QED) is 0.202. The highest BCUT2D eigenvalue weighted by Crippen LogP contribution is 2.37. The van der Waals surface area contributed by atoms with Gasteiger partial charge < -0.3 is 0 Å². The summed E-state index contributed by atoms with van der Waals surface area (Å²) >= 11 is 0. The van der Waals surface area contributed by atoms with Crippen LogP contribution in [0.5, 0.6) is 0 Å². The Morgan fingerprint density at radius 2 is 1.65 bits per heavy atom. The first-order valence-electron chi connectivity index (χ1n) is 11.6. The molecule has 0 spiro atoms. The molecule has 0 nitrogen and oxygen atoms in total. The van der Waals surface area contributed by atoms with Crippen molar-refractivity contribution in [3.63, 3.8) is 0 Å². The van der Waals surface area contributed by atoms with Gasteiger partial charge in [0.05, 0.1) is 5.56 Å². The molecule has 0 saturated carbocycles. The first kappa shape index (κ1) is 22.7. The summed E-state index contributed by atoms with van der Waals surface area (Å²) in [7, 11) is 0. The number of aryl methyl sites for hydroxylation is 1. The normalized spacial score (nSPS) is 18.1. The van der Waals surface area contributed by atoms with Crippen molar-refractivity contribution in [1.82, 2.24) is 0 Å². The average Bonchev–Trinajstić information content (AvgIpc) is 2.82. The average molecular weight is 466 g/mol. The Balaban J connectivity index is 1.45. The largest absolute Gasteiger partial charge is 0.458 e. The van der Waals surface area contributed by atoms with Crippen LogP contribution >= 0.6 is 0 Å². The number of benzene rings is 3. The number of rotatable bonds is 2. The number of hydrogen-bond donors (Lipinski definition) is 0. The van der Waals surface area contributed by atoms with E-state index >= 15 is 0 Å². The molecule has 3 aromatic rings. The van der Waals surface area contributed by atoms with Gasteiger partial charge in [0.2, 0.25) is 0 Å². The topological polar surface area (TPSA) is 0 Å². The van der Waals surface area contributed by atoms with Gasteiger partial charge >= 0.3 is 6.18 Å². The van der Waals surface area contributed by atoms with Crippen LogP contribution in [0, 0.1) is 29.4 Å². The molecule has 0 bridgehead atoms. The maximum Gasteiger partial charge on any atom is 0.458 e. The monoisotopic (exact) mass is 466 g/mol. The molecule has 1 atom stereocenters. The van der Waals surface area contributed by atoms with Crippen molar-refractivity contribution in [2.75, 3.05) is 0 Å². The smallest absolute Gasteiger partial charge is 0.205 e. The molecule has 0 heterocycles. The summed E-state index contributed by atoms with van der Waals surface area (Å²) in [5.41, 5.74) is 5.17. The fourth-order valence-electron chi connectivity index (χ4n) is 5.24. The van der Waals surface area contributed by atoms with Crippen molar-refractivity contribution >= 4 is 10.8 Å². The van der Waals surface area contributed by atoms with Crippen LogP contribution in [0.1, 0.15) is 48.8 Å². The zero-order chi connectivity index (χ0) is 23.9. The zero-order valence-electron chi connectivity index (χ0n) is 18.5. The van der Waals surface area contributed by atoms with Crippen LogP contribution in [0.2, 0.25) is 0 Å². The molecule has 0 aliphatic heterocycles. The molecule has 2 aliphatic rings. The standard InChI is InChI=1S/C29H23F5/c30-27-17-24-16-23(10-11-25(24)28(31)26(27)12-13-29(32,33)34)22-9-8-20-14-19(6-7-21(20)15-22)18-4-2-1-3-5-18/h4,8-11,15-17,19H,1-3,5-7,14H2. The van der Waals surface area contributed by atoms with Crippen LogP contribution in [0.4, 0.5) is 22.0 Å². The molecule has 1 unspecified atom stereocenters. The third-order valence-electron chi connectivity index (χ3n) is 6.98. The number of fused-ring (bicyclic) bond motifs is 2. The van der Waals surface area contributed by atoms with Gasteiger partial charge in [-0.15, -0.1) is 0 Å². The second-order valence-electron chi connectivity index (χ2n) is 9.18. The molecule has 34 heavy (non-hydrogen) atoms. The molecule has 0 saturated heterocycles. The van der Waals surface area contributed by atoms with E-state index < -0.39 is 23.4 Å². The third-order valence-corrected chi connectivity index (χ3v) is 6.98. The van der Waals surface area contributed by atoms with Crippen LogP contribution in [0.3, 0.4) is 0 Å². The van der Waals surface area contributed by atoms with E-state index in [2.05, 4.69) is 18.2 Å². The lowest BCUT2D eigenvalue weighted by Crippen LogP contribution is -2.17. The van der Waals surface area contributed by atoms with Gasteiger partial charge in [-0.3, -0.25) is 0 Å². The lowest BCUT2D eigenvalue weighted by molar-refractivity contribution is -0.0696. The van der Waals surface area contributed by atoms with Crippen LogP contribution in [0.15, 0.2) is 54.1 Å². The molecular weight excluding hydrogens is 443 g/mol. The predicted octanol–water partition coefficient (Wildman–Crippen LogP) is 8.30. The Hall–Kier alpha value is -3.13. The summed E-state index contributed by atoms with van der Waals surface area (Å²) < 4.78 is 66.3. The van der Waals surface area contributed by atoms with E-state index in [1.165, 1.54) is 42.9 Å². The zero-order valence-corrected chi connectivity index (χ0v) is 18.5. The molecule has 0 fully saturated rings. The van der Waals surface area contributed by atoms with Gasteiger partial charge in [-0.1, -0.05) is 47.9 Å². The summed E-state index contributed by atoms with van der Waals surface area (Å²) in [6, 6.07) is 12.2. The second kappa shape index (κ2) is 8.91. The Kier molecular flexibility index (Phi) is 5.93. The van der Waals surface area contributed by atoms with E-state index in [1.807, 2.05) is 6.07 Å². The van der Waals surface area contributed by atoms with Gasteiger partial charge in [0.25, 0.3) is 0 Å². The van der Waals surface area contributed by atoms with Gasteiger partial charge in [-0.25, -0.2) is 8.78 Å². The molecule has 0 radical (unpaired) electrons. The second-order valence-corrected chi connectivity index (χ2v) is 9.18. The van der Waals surface area contributed by atoms with Crippen molar-refractivity contribution in [3.8, 4) is 23.0 Å². The summed E-state index contributed by atoms with van der Waals surface area (Å²) in [4.78, 5) is 0. The van der Waals surface area contributed by atoms with Crippen molar-refractivity contribution in [1.29, 1.82) is 0 Å². The third kappa shape index (κ3) is 4.59. The van der Waals surface area contributed by atoms with Crippen molar-refractivity contribution in [2.45, 2.75) is 51.1 Å².